The van der Waals surface area contributed by atoms with Gasteiger partial charge in [0.25, 0.3) is 0 Å². The fourth-order valence-corrected chi connectivity index (χ4v) is 5.16. The van der Waals surface area contributed by atoms with Crippen molar-refractivity contribution in [3.8, 4) is 5.75 Å². The molecule has 198 valence electrons. The molecule has 3 rings (SSSR count). The summed E-state index contributed by atoms with van der Waals surface area (Å²) in [5, 5.41) is 0. The number of fused-ring (bicyclic) bond motifs is 1. The van der Waals surface area contributed by atoms with Gasteiger partial charge in [-0.3, -0.25) is 0 Å². The summed E-state index contributed by atoms with van der Waals surface area (Å²) < 4.78 is 8.46. The maximum absolute atomic E-state index is 6.09. The molecule has 3 heteroatoms. The lowest BCUT2D eigenvalue weighted by Gasteiger charge is -2.11. The van der Waals surface area contributed by atoms with Gasteiger partial charge in [0.15, 0.2) is 0 Å². The van der Waals surface area contributed by atoms with Crippen molar-refractivity contribution in [2.24, 2.45) is 0 Å². The highest BCUT2D eigenvalue weighted by Crippen LogP contribution is 2.20. The van der Waals surface area contributed by atoms with E-state index in [1.807, 2.05) is 12.1 Å². The van der Waals surface area contributed by atoms with Crippen LogP contribution in [0.3, 0.4) is 0 Å². The third-order valence-electron chi connectivity index (χ3n) is 7.33. The molecule has 1 aromatic heterocycles. The van der Waals surface area contributed by atoms with Crippen LogP contribution < -0.4 is 4.74 Å². The Morgan fingerprint density at radius 1 is 0.667 bits per heavy atom. The number of ether oxygens (including phenoxy) is 1. The Morgan fingerprint density at radius 3 is 1.86 bits per heavy atom. The third kappa shape index (κ3) is 10.4. The average molecular weight is 491 g/mol. The lowest BCUT2D eigenvalue weighted by Crippen LogP contribution is -2.07. The first-order valence-corrected chi connectivity index (χ1v) is 14.9. The highest BCUT2D eigenvalue weighted by Gasteiger charge is 2.11. The zero-order valence-corrected chi connectivity index (χ0v) is 23.1. The highest BCUT2D eigenvalue weighted by molar-refractivity contribution is 5.75. The molecule has 2 aromatic carbocycles. The summed E-state index contributed by atoms with van der Waals surface area (Å²) in [6, 6.07) is 16.7. The van der Waals surface area contributed by atoms with Crippen molar-refractivity contribution in [1.82, 2.24) is 9.55 Å². The van der Waals surface area contributed by atoms with Gasteiger partial charge in [0.1, 0.15) is 18.2 Å². The number of hydrogen-bond donors (Lipinski definition) is 0. The van der Waals surface area contributed by atoms with Gasteiger partial charge < -0.3 is 9.30 Å². The topological polar surface area (TPSA) is 27.1 Å². The van der Waals surface area contributed by atoms with E-state index in [1.54, 1.807) is 0 Å². The molecule has 0 radical (unpaired) electrons. The van der Waals surface area contributed by atoms with Gasteiger partial charge in [-0.2, -0.15) is 0 Å². The summed E-state index contributed by atoms with van der Waals surface area (Å²) >= 11 is 0. The summed E-state index contributed by atoms with van der Waals surface area (Å²) in [5.41, 5.74) is 3.51. The van der Waals surface area contributed by atoms with Crippen LogP contribution in [0.25, 0.3) is 11.0 Å². The summed E-state index contributed by atoms with van der Waals surface area (Å²) in [6.45, 7) is 5.92. The maximum atomic E-state index is 6.09. The quantitative estimate of drug-likeness (QED) is 0.147. The van der Waals surface area contributed by atoms with E-state index in [-0.39, 0.29) is 0 Å². The molecule has 3 aromatic rings. The fourth-order valence-electron chi connectivity index (χ4n) is 5.16. The maximum Gasteiger partial charge on any atom is 0.147 e. The van der Waals surface area contributed by atoms with Crippen molar-refractivity contribution in [1.29, 1.82) is 0 Å². The lowest BCUT2D eigenvalue weighted by atomic mass is 10.0. The summed E-state index contributed by atoms with van der Waals surface area (Å²) in [6.07, 6.45) is 22.4. The van der Waals surface area contributed by atoms with E-state index in [9.17, 15) is 0 Å². The molecule has 1 heterocycles. The second-order valence-corrected chi connectivity index (χ2v) is 10.6. The highest BCUT2D eigenvalue weighted by atomic mass is 16.5. The molecule has 36 heavy (non-hydrogen) atoms. The predicted octanol–water partition coefficient (Wildman–Crippen LogP) is 10.2. The smallest absolute Gasteiger partial charge is 0.147 e. The number of para-hydroxylation sites is 2. The Bertz CT molecular complexity index is 977. The first-order valence-electron chi connectivity index (χ1n) is 14.9. The van der Waals surface area contributed by atoms with Gasteiger partial charge in [0, 0.05) is 6.54 Å². The molecule has 0 aliphatic carbocycles. The van der Waals surface area contributed by atoms with Crippen LogP contribution in [-0.4, -0.2) is 9.55 Å². The van der Waals surface area contributed by atoms with Crippen LogP contribution in [0.1, 0.15) is 121 Å². The monoisotopic (exact) mass is 490 g/mol. The largest absolute Gasteiger partial charge is 0.486 e. The zero-order valence-electron chi connectivity index (χ0n) is 23.1. The summed E-state index contributed by atoms with van der Waals surface area (Å²) in [7, 11) is 0. The Kier molecular flexibility index (Phi) is 13.5. The normalized spacial score (nSPS) is 11.4. The van der Waals surface area contributed by atoms with Gasteiger partial charge in [-0.1, -0.05) is 128 Å². The summed E-state index contributed by atoms with van der Waals surface area (Å²) in [4.78, 5) is 4.88. The molecular formula is C33H50N2O. The van der Waals surface area contributed by atoms with Crippen molar-refractivity contribution in [2.75, 3.05) is 0 Å². The van der Waals surface area contributed by atoms with E-state index in [0.717, 1.165) is 23.6 Å². The zero-order chi connectivity index (χ0) is 25.3. The second-order valence-electron chi connectivity index (χ2n) is 10.6. The Balaban J connectivity index is 1.27. The Labute approximate surface area is 220 Å². The minimum atomic E-state index is 0.511. The third-order valence-corrected chi connectivity index (χ3v) is 7.33. The van der Waals surface area contributed by atoms with E-state index in [4.69, 9.17) is 9.72 Å². The van der Waals surface area contributed by atoms with Crippen LogP contribution in [0, 0.1) is 6.92 Å². The van der Waals surface area contributed by atoms with Crippen molar-refractivity contribution in [2.45, 2.75) is 130 Å². The van der Waals surface area contributed by atoms with Crippen LogP contribution in [0.15, 0.2) is 48.5 Å². The van der Waals surface area contributed by atoms with Crippen LogP contribution in [0.4, 0.5) is 0 Å². The minimum Gasteiger partial charge on any atom is -0.486 e. The van der Waals surface area contributed by atoms with E-state index in [2.05, 4.69) is 54.8 Å². The van der Waals surface area contributed by atoms with Crippen LogP contribution >= 0.6 is 0 Å². The molecule has 0 spiro atoms. The Morgan fingerprint density at radius 2 is 1.25 bits per heavy atom. The molecular weight excluding hydrogens is 440 g/mol. The van der Waals surface area contributed by atoms with Crippen LogP contribution in [0.5, 0.6) is 5.75 Å². The predicted molar refractivity (Wildman–Crippen MR) is 155 cm³/mol. The van der Waals surface area contributed by atoms with Crippen molar-refractivity contribution >= 4 is 11.0 Å². The molecule has 0 N–H and O–H groups in total. The Hall–Kier alpha value is -2.29. The molecule has 0 aliphatic heterocycles. The van der Waals surface area contributed by atoms with Gasteiger partial charge >= 0.3 is 0 Å². The van der Waals surface area contributed by atoms with Crippen molar-refractivity contribution in [3.05, 3.63) is 59.9 Å². The average Bonchev–Trinajstić information content (AvgIpc) is 3.24. The molecule has 0 aliphatic rings. The number of unbranched alkanes of at least 4 members (excludes halogenated alkanes) is 15. The molecule has 0 unspecified atom stereocenters. The molecule has 0 saturated heterocycles. The van der Waals surface area contributed by atoms with Crippen molar-refractivity contribution < 1.29 is 4.74 Å². The van der Waals surface area contributed by atoms with E-state index >= 15 is 0 Å². The van der Waals surface area contributed by atoms with Gasteiger partial charge in [-0.25, -0.2) is 4.98 Å². The van der Waals surface area contributed by atoms with Crippen LogP contribution in [-0.2, 0) is 13.2 Å². The first kappa shape index (κ1) is 28.3. The fraction of sp³-hybridized carbons (Fsp3) is 0.606. The number of aryl methyl sites for hydroxylation is 2. The molecule has 0 saturated carbocycles. The van der Waals surface area contributed by atoms with Gasteiger partial charge in [-0.05, 0) is 43.2 Å². The number of nitrogens with zero attached hydrogens (tertiary/aromatic N) is 2. The second kappa shape index (κ2) is 17.2. The number of hydrogen-bond acceptors (Lipinski definition) is 2. The van der Waals surface area contributed by atoms with E-state index < -0.39 is 0 Å². The molecule has 0 bridgehead atoms. The minimum absolute atomic E-state index is 0.511. The first-order chi connectivity index (χ1) is 17.8. The number of imidazole rings is 1. The van der Waals surface area contributed by atoms with Crippen molar-refractivity contribution in [3.63, 3.8) is 0 Å². The summed E-state index contributed by atoms with van der Waals surface area (Å²) in [5.74, 6) is 1.94. The van der Waals surface area contributed by atoms with Gasteiger partial charge in [0.2, 0.25) is 0 Å². The van der Waals surface area contributed by atoms with Gasteiger partial charge in [-0.15, -0.1) is 0 Å². The number of rotatable bonds is 20. The molecule has 0 fully saturated rings. The van der Waals surface area contributed by atoms with E-state index in [0.29, 0.717) is 6.61 Å². The lowest BCUT2D eigenvalue weighted by molar-refractivity contribution is 0.289. The van der Waals surface area contributed by atoms with Gasteiger partial charge in [0.05, 0.1) is 11.0 Å². The molecule has 0 amide bonds. The van der Waals surface area contributed by atoms with E-state index in [1.165, 1.54) is 114 Å². The van der Waals surface area contributed by atoms with Crippen LogP contribution in [0.2, 0.25) is 0 Å². The molecule has 0 atom stereocenters. The molecule has 3 nitrogen and oxygen atoms in total. The number of benzene rings is 2. The SMILES string of the molecule is CCCCCCCCCCCCCCCCCCn1c(COc2cccc(C)c2)nc2ccccc21. The number of aromatic nitrogens is 2. The standard InChI is InChI=1S/C33H50N2O/c1-3-4-5-6-7-8-9-10-11-12-13-14-15-16-17-20-26-35-32-25-19-18-24-31(32)34-33(35)28-36-30-23-21-22-29(2)27-30/h18-19,21-25,27H,3-17,20,26,28H2,1-2H3.